The molecule has 0 aliphatic carbocycles. The summed E-state index contributed by atoms with van der Waals surface area (Å²) in [5.74, 6) is -0.505. The average Bonchev–Trinajstić information content (AvgIpc) is 2.42. The van der Waals surface area contributed by atoms with Gasteiger partial charge in [0.05, 0.1) is 13.7 Å². The van der Waals surface area contributed by atoms with Crippen molar-refractivity contribution in [3.8, 4) is 5.75 Å². The van der Waals surface area contributed by atoms with Crippen molar-refractivity contribution in [2.75, 3.05) is 20.3 Å². The molecule has 0 heterocycles. The van der Waals surface area contributed by atoms with Gasteiger partial charge in [0.2, 0.25) is 5.91 Å². The molecule has 104 valence electrons. The van der Waals surface area contributed by atoms with Crippen molar-refractivity contribution in [1.29, 1.82) is 0 Å². The van der Waals surface area contributed by atoms with Gasteiger partial charge >= 0.3 is 5.97 Å². The van der Waals surface area contributed by atoms with Crippen LogP contribution in [0.3, 0.4) is 0 Å². The van der Waals surface area contributed by atoms with Crippen LogP contribution in [-0.2, 0) is 14.3 Å². The number of hydrogen-bond donors (Lipinski definition) is 1. The average molecular weight is 269 g/mol. The number of nitrogens with one attached hydrogen (secondary N) is 1. The molecule has 0 aliphatic heterocycles. The minimum atomic E-state index is -0.490. The molecule has 0 bridgehead atoms. The first-order valence-corrected chi connectivity index (χ1v) is 5.83. The van der Waals surface area contributed by atoms with Crippen molar-refractivity contribution in [3.05, 3.63) is 30.1 Å². The van der Waals surface area contributed by atoms with Crippen LogP contribution in [0.25, 0.3) is 0 Å². The summed E-state index contributed by atoms with van der Waals surface area (Å²) in [6, 6.07) is 5.65. The Hall–Kier alpha value is -2.11. The number of carbonyl (C=O) groups is 2. The number of methoxy groups -OCH3 is 1. The molecule has 6 heteroatoms. The fourth-order valence-electron chi connectivity index (χ4n) is 1.28. The Bertz CT molecular complexity index is 419. The molecule has 0 aliphatic rings. The molecule has 0 unspecified atom stereocenters. The minimum Gasteiger partial charge on any atom is -0.494 e. The lowest BCUT2D eigenvalue weighted by Crippen LogP contribution is -2.30. The van der Waals surface area contributed by atoms with E-state index in [1.54, 1.807) is 0 Å². The number of amides is 1. The Morgan fingerprint density at radius 3 is 2.58 bits per heavy atom. The van der Waals surface area contributed by atoms with Crippen molar-refractivity contribution in [3.63, 3.8) is 0 Å². The van der Waals surface area contributed by atoms with Gasteiger partial charge in [0.15, 0.2) is 0 Å². The van der Waals surface area contributed by atoms with E-state index in [-0.39, 0.29) is 24.7 Å². The van der Waals surface area contributed by atoms with Crippen LogP contribution < -0.4 is 10.1 Å². The second kappa shape index (κ2) is 8.07. The zero-order valence-corrected chi connectivity index (χ0v) is 10.6. The van der Waals surface area contributed by atoms with Crippen LogP contribution in [0.5, 0.6) is 5.75 Å². The zero-order valence-electron chi connectivity index (χ0n) is 10.6. The zero-order chi connectivity index (χ0) is 14.1. The van der Waals surface area contributed by atoms with Gasteiger partial charge in [-0.05, 0) is 30.7 Å². The first kappa shape index (κ1) is 14.9. The quantitative estimate of drug-likeness (QED) is 0.598. The van der Waals surface area contributed by atoms with Crippen LogP contribution >= 0.6 is 0 Å². The number of rotatable bonds is 7. The highest BCUT2D eigenvalue weighted by atomic mass is 19.1. The van der Waals surface area contributed by atoms with E-state index in [2.05, 4.69) is 10.1 Å². The summed E-state index contributed by atoms with van der Waals surface area (Å²) in [6.07, 6.45) is 0.753. The Labute approximate surface area is 110 Å². The SMILES string of the molecule is COC(=O)CNC(=O)CCCOc1ccc(F)cc1. The Balaban J connectivity index is 2.11. The third-order valence-corrected chi connectivity index (χ3v) is 2.29. The Morgan fingerprint density at radius 1 is 1.26 bits per heavy atom. The summed E-state index contributed by atoms with van der Waals surface area (Å²) in [7, 11) is 1.25. The lowest BCUT2D eigenvalue weighted by atomic mass is 10.3. The maximum Gasteiger partial charge on any atom is 0.325 e. The van der Waals surface area contributed by atoms with E-state index in [9.17, 15) is 14.0 Å². The number of hydrogen-bond acceptors (Lipinski definition) is 4. The summed E-state index contributed by atoms with van der Waals surface area (Å²) in [5, 5.41) is 2.42. The predicted molar refractivity (Wildman–Crippen MR) is 66.2 cm³/mol. The van der Waals surface area contributed by atoms with E-state index in [4.69, 9.17) is 4.74 Å². The summed E-state index contributed by atoms with van der Waals surface area (Å²) in [4.78, 5) is 22.1. The number of carbonyl (C=O) groups excluding carboxylic acids is 2. The lowest BCUT2D eigenvalue weighted by Gasteiger charge is -2.06. The molecule has 0 atom stereocenters. The fourth-order valence-corrected chi connectivity index (χ4v) is 1.28. The van der Waals surface area contributed by atoms with Crippen molar-refractivity contribution in [2.45, 2.75) is 12.8 Å². The van der Waals surface area contributed by atoms with E-state index in [0.29, 0.717) is 18.8 Å². The number of halogens is 1. The summed E-state index contributed by atoms with van der Waals surface area (Å²) < 4.78 is 22.3. The monoisotopic (exact) mass is 269 g/mol. The van der Waals surface area contributed by atoms with E-state index in [1.165, 1.54) is 31.4 Å². The summed E-state index contributed by atoms with van der Waals surface area (Å²) in [6.45, 7) is 0.214. The van der Waals surface area contributed by atoms with Crippen molar-refractivity contribution >= 4 is 11.9 Å². The molecule has 0 radical (unpaired) electrons. The highest BCUT2D eigenvalue weighted by Gasteiger charge is 2.05. The van der Waals surface area contributed by atoms with Gasteiger partial charge in [-0.1, -0.05) is 0 Å². The summed E-state index contributed by atoms with van der Waals surface area (Å²) >= 11 is 0. The second-order valence-corrected chi connectivity index (χ2v) is 3.76. The minimum absolute atomic E-state index is 0.131. The lowest BCUT2D eigenvalue weighted by molar-refractivity contribution is -0.141. The Morgan fingerprint density at radius 2 is 1.95 bits per heavy atom. The molecule has 19 heavy (non-hydrogen) atoms. The highest BCUT2D eigenvalue weighted by Crippen LogP contribution is 2.11. The predicted octanol–water partition coefficient (Wildman–Crippen LogP) is 1.27. The molecule has 5 nitrogen and oxygen atoms in total. The van der Waals surface area contributed by atoms with E-state index in [1.807, 2.05) is 0 Å². The molecule has 0 saturated carbocycles. The summed E-state index contributed by atoms with van der Waals surface area (Å²) in [5.41, 5.74) is 0. The maximum absolute atomic E-state index is 12.6. The van der Waals surface area contributed by atoms with E-state index >= 15 is 0 Å². The van der Waals surface area contributed by atoms with Crippen LogP contribution in [0, 0.1) is 5.82 Å². The van der Waals surface area contributed by atoms with Gasteiger partial charge < -0.3 is 14.8 Å². The van der Waals surface area contributed by atoms with Crippen LogP contribution in [0.15, 0.2) is 24.3 Å². The van der Waals surface area contributed by atoms with Crippen molar-refractivity contribution in [1.82, 2.24) is 5.32 Å². The molecule has 0 fully saturated rings. The van der Waals surface area contributed by atoms with Crippen LogP contribution in [0.2, 0.25) is 0 Å². The van der Waals surface area contributed by atoms with Crippen LogP contribution in [0.1, 0.15) is 12.8 Å². The molecule has 0 saturated heterocycles. The molecule has 0 aromatic heterocycles. The topological polar surface area (TPSA) is 64.6 Å². The molecular weight excluding hydrogens is 253 g/mol. The van der Waals surface area contributed by atoms with Crippen LogP contribution in [0.4, 0.5) is 4.39 Å². The molecule has 1 amide bonds. The maximum atomic E-state index is 12.6. The normalized spacial score (nSPS) is 9.79. The number of esters is 1. The van der Waals surface area contributed by atoms with Gasteiger partial charge in [0.1, 0.15) is 18.1 Å². The van der Waals surface area contributed by atoms with Gasteiger partial charge in [0, 0.05) is 6.42 Å². The smallest absolute Gasteiger partial charge is 0.325 e. The van der Waals surface area contributed by atoms with E-state index < -0.39 is 5.97 Å². The van der Waals surface area contributed by atoms with Gasteiger partial charge in [0.25, 0.3) is 0 Å². The largest absolute Gasteiger partial charge is 0.494 e. The van der Waals surface area contributed by atoms with Crippen LogP contribution in [-0.4, -0.2) is 32.1 Å². The van der Waals surface area contributed by atoms with Crippen molar-refractivity contribution < 1.29 is 23.5 Å². The number of benzene rings is 1. The molecule has 1 aromatic rings. The van der Waals surface area contributed by atoms with Gasteiger partial charge in [-0.15, -0.1) is 0 Å². The van der Waals surface area contributed by atoms with E-state index in [0.717, 1.165) is 0 Å². The third kappa shape index (κ3) is 6.40. The molecular formula is C13H16FNO4. The first-order valence-electron chi connectivity index (χ1n) is 5.83. The molecule has 1 aromatic carbocycles. The van der Waals surface area contributed by atoms with Gasteiger partial charge in [-0.25, -0.2) is 4.39 Å². The first-order chi connectivity index (χ1) is 9.11. The molecule has 0 spiro atoms. The number of ether oxygens (including phenoxy) is 2. The van der Waals surface area contributed by atoms with Crippen molar-refractivity contribution in [2.24, 2.45) is 0 Å². The standard InChI is InChI=1S/C13H16FNO4/c1-18-13(17)9-15-12(16)3-2-8-19-11-6-4-10(14)5-7-11/h4-7H,2-3,8-9H2,1H3,(H,15,16). The Kier molecular flexibility index (Phi) is 6.35. The molecule has 1 N–H and O–H groups in total. The fraction of sp³-hybridized carbons (Fsp3) is 0.385. The van der Waals surface area contributed by atoms with Gasteiger partial charge in [-0.2, -0.15) is 0 Å². The second-order valence-electron chi connectivity index (χ2n) is 3.76. The third-order valence-electron chi connectivity index (χ3n) is 2.29. The molecule has 1 rings (SSSR count). The highest BCUT2D eigenvalue weighted by molar-refractivity contribution is 5.81. The van der Waals surface area contributed by atoms with Gasteiger partial charge in [-0.3, -0.25) is 9.59 Å².